The highest BCUT2D eigenvalue weighted by molar-refractivity contribution is 4.65. The standard InChI is InChI=1S/C11H21O2/c1-2-3-9-11(12)13-10-7-5-4-6-8-10/h10-11H,2-9H2,1H3. The summed E-state index contributed by atoms with van der Waals surface area (Å²) in [5.41, 5.74) is 0. The number of rotatable bonds is 5. The van der Waals surface area contributed by atoms with Crippen LogP contribution in [0.5, 0.6) is 0 Å². The smallest absolute Gasteiger partial charge is 0.191 e. The molecule has 0 heterocycles. The predicted octanol–water partition coefficient (Wildman–Crippen LogP) is 3.28. The van der Waals surface area contributed by atoms with Gasteiger partial charge in [0.05, 0.1) is 6.10 Å². The quantitative estimate of drug-likeness (QED) is 0.604. The number of unbranched alkanes of at least 4 members (excludes halogenated alkanes) is 1. The van der Waals surface area contributed by atoms with Gasteiger partial charge in [0.25, 0.3) is 0 Å². The second kappa shape index (κ2) is 6.39. The van der Waals surface area contributed by atoms with E-state index >= 15 is 0 Å². The Labute approximate surface area is 81.3 Å². The van der Waals surface area contributed by atoms with Crippen molar-refractivity contribution in [1.29, 1.82) is 0 Å². The van der Waals surface area contributed by atoms with E-state index in [0.717, 1.165) is 25.7 Å². The van der Waals surface area contributed by atoms with Crippen molar-refractivity contribution in [3.63, 3.8) is 0 Å². The summed E-state index contributed by atoms with van der Waals surface area (Å²) in [5.74, 6) is 0. The topological polar surface area (TPSA) is 29.1 Å². The number of ether oxygens (including phenoxy) is 1. The van der Waals surface area contributed by atoms with Gasteiger partial charge in [-0.25, -0.2) is 5.11 Å². The summed E-state index contributed by atoms with van der Waals surface area (Å²) in [6.45, 7) is 2.10. The third-order valence-electron chi connectivity index (χ3n) is 2.69. The molecule has 1 unspecified atom stereocenters. The monoisotopic (exact) mass is 185 g/mol. The highest BCUT2D eigenvalue weighted by Crippen LogP contribution is 2.22. The highest BCUT2D eigenvalue weighted by Gasteiger charge is 2.17. The zero-order valence-electron chi connectivity index (χ0n) is 8.63. The van der Waals surface area contributed by atoms with E-state index in [4.69, 9.17) is 4.74 Å². The molecule has 0 saturated heterocycles. The molecule has 1 radical (unpaired) electrons. The minimum absolute atomic E-state index is 0.271. The second-order valence-electron chi connectivity index (χ2n) is 3.97. The SMILES string of the molecule is CCCCC([O])OC1CCCCC1. The maximum absolute atomic E-state index is 11.3. The van der Waals surface area contributed by atoms with E-state index in [1.165, 1.54) is 19.3 Å². The van der Waals surface area contributed by atoms with Gasteiger partial charge in [-0.3, -0.25) is 0 Å². The van der Waals surface area contributed by atoms with Crippen LogP contribution in [0.2, 0.25) is 0 Å². The summed E-state index contributed by atoms with van der Waals surface area (Å²) in [5, 5.41) is 11.3. The van der Waals surface area contributed by atoms with E-state index in [1.807, 2.05) is 0 Å². The first-order valence-corrected chi connectivity index (χ1v) is 5.64. The molecule has 1 saturated carbocycles. The molecule has 1 aliphatic rings. The van der Waals surface area contributed by atoms with Gasteiger partial charge in [-0.15, -0.1) is 0 Å². The minimum atomic E-state index is -0.761. The van der Waals surface area contributed by atoms with Gasteiger partial charge >= 0.3 is 0 Å². The lowest BCUT2D eigenvalue weighted by Gasteiger charge is -2.23. The van der Waals surface area contributed by atoms with Crippen LogP contribution >= 0.6 is 0 Å². The molecule has 0 aromatic carbocycles. The van der Waals surface area contributed by atoms with E-state index < -0.39 is 6.29 Å². The molecule has 1 atom stereocenters. The van der Waals surface area contributed by atoms with Crippen LogP contribution in [-0.2, 0) is 9.84 Å². The van der Waals surface area contributed by atoms with Crippen LogP contribution in [0.15, 0.2) is 0 Å². The molecule has 1 aliphatic carbocycles. The van der Waals surface area contributed by atoms with E-state index in [-0.39, 0.29) is 6.10 Å². The molecule has 2 nitrogen and oxygen atoms in total. The number of hydrogen-bond acceptors (Lipinski definition) is 1. The van der Waals surface area contributed by atoms with Crippen molar-refractivity contribution in [3.8, 4) is 0 Å². The van der Waals surface area contributed by atoms with Gasteiger partial charge in [0.1, 0.15) is 0 Å². The van der Waals surface area contributed by atoms with Gasteiger partial charge in [0.15, 0.2) is 6.29 Å². The molecule has 0 aromatic rings. The molecule has 13 heavy (non-hydrogen) atoms. The van der Waals surface area contributed by atoms with Gasteiger partial charge in [0, 0.05) is 6.42 Å². The van der Waals surface area contributed by atoms with Crippen LogP contribution in [-0.4, -0.2) is 12.4 Å². The Kier molecular flexibility index (Phi) is 5.40. The molecule has 0 aliphatic heterocycles. The molecule has 0 aromatic heterocycles. The van der Waals surface area contributed by atoms with Crippen molar-refractivity contribution in [2.45, 2.75) is 70.7 Å². The normalized spacial score (nSPS) is 21.7. The van der Waals surface area contributed by atoms with E-state index in [1.54, 1.807) is 0 Å². The summed E-state index contributed by atoms with van der Waals surface area (Å²) in [6.07, 6.45) is 8.29. The Balaban J connectivity index is 2.07. The van der Waals surface area contributed by atoms with Gasteiger partial charge in [-0.2, -0.15) is 0 Å². The molecule has 0 bridgehead atoms. The zero-order chi connectivity index (χ0) is 9.52. The van der Waals surface area contributed by atoms with Crippen LogP contribution in [0.1, 0.15) is 58.3 Å². The van der Waals surface area contributed by atoms with E-state index in [0.29, 0.717) is 6.42 Å². The molecular formula is C11H21O2. The van der Waals surface area contributed by atoms with Crippen LogP contribution < -0.4 is 0 Å². The molecule has 1 fully saturated rings. The average Bonchev–Trinajstić information content (AvgIpc) is 2.16. The maximum atomic E-state index is 11.3. The first-order valence-electron chi connectivity index (χ1n) is 5.64. The van der Waals surface area contributed by atoms with Crippen LogP contribution in [0.4, 0.5) is 0 Å². The molecular weight excluding hydrogens is 164 g/mol. The summed E-state index contributed by atoms with van der Waals surface area (Å²) in [6, 6.07) is 0. The fourth-order valence-electron chi connectivity index (χ4n) is 1.85. The largest absolute Gasteiger partial charge is 0.346 e. The van der Waals surface area contributed by atoms with Gasteiger partial charge in [0.2, 0.25) is 0 Å². The van der Waals surface area contributed by atoms with Crippen LogP contribution in [0, 0.1) is 0 Å². The second-order valence-corrected chi connectivity index (χ2v) is 3.97. The summed E-state index contributed by atoms with van der Waals surface area (Å²) >= 11 is 0. The molecule has 0 amide bonds. The predicted molar refractivity (Wildman–Crippen MR) is 52.0 cm³/mol. The molecule has 1 rings (SSSR count). The van der Waals surface area contributed by atoms with Gasteiger partial charge in [-0.05, 0) is 19.3 Å². The van der Waals surface area contributed by atoms with E-state index in [2.05, 4.69) is 6.92 Å². The Morgan fingerprint density at radius 3 is 2.62 bits per heavy atom. The van der Waals surface area contributed by atoms with Gasteiger partial charge in [-0.1, -0.05) is 32.6 Å². The number of hydrogen-bond donors (Lipinski definition) is 0. The summed E-state index contributed by atoms with van der Waals surface area (Å²) < 4.78 is 5.44. The summed E-state index contributed by atoms with van der Waals surface area (Å²) in [4.78, 5) is 0. The van der Waals surface area contributed by atoms with Crippen molar-refractivity contribution in [3.05, 3.63) is 0 Å². The average molecular weight is 185 g/mol. The first-order chi connectivity index (χ1) is 6.33. The third kappa shape index (κ3) is 4.63. The minimum Gasteiger partial charge on any atom is -0.346 e. The first kappa shape index (κ1) is 11.0. The lowest BCUT2D eigenvalue weighted by atomic mass is 9.98. The third-order valence-corrected chi connectivity index (χ3v) is 2.69. The molecule has 77 valence electrons. The Hall–Kier alpha value is -0.0800. The fourth-order valence-corrected chi connectivity index (χ4v) is 1.85. The lowest BCUT2D eigenvalue weighted by Crippen LogP contribution is -2.23. The summed E-state index contributed by atoms with van der Waals surface area (Å²) in [7, 11) is 0. The van der Waals surface area contributed by atoms with Crippen LogP contribution in [0.3, 0.4) is 0 Å². The fraction of sp³-hybridized carbons (Fsp3) is 1.00. The van der Waals surface area contributed by atoms with Crippen molar-refractivity contribution in [2.24, 2.45) is 0 Å². The highest BCUT2D eigenvalue weighted by atomic mass is 16.6. The van der Waals surface area contributed by atoms with Gasteiger partial charge < -0.3 is 4.74 Å². The Morgan fingerprint density at radius 2 is 2.00 bits per heavy atom. The Bertz CT molecular complexity index is 119. The van der Waals surface area contributed by atoms with Crippen LogP contribution in [0.25, 0.3) is 0 Å². The van der Waals surface area contributed by atoms with Crippen molar-refractivity contribution < 1.29 is 9.84 Å². The molecule has 0 spiro atoms. The Morgan fingerprint density at radius 1 is 1.31 bits per heavy atom. The van der Waals surface area contributed by atoms with Crippen molar-refractivity contribution in [1.82, 2.24) is 0 Å². The lowest BCUT2D eigenvalue weighted by molar-refractivity contribution is -0.179. The molecule has 2 heteroatoms. The van der Waals surface area contributed by atoms with E-state index in [9.17, 15) is 5.11 Å². The van der Waals surface area contributed by atoms with Crippen molar-refractivity contribution >= 4 is 0 Å². The maximum Gasteiger partial charge on any atom is 0.191 e. The zero-order valence-corrected chi connectivity index (χ0v) is 8.63. The molecule has 0 N–H and O–H groups in total. The van der Waals surface area contributed by atoms with Crippen molar-refractivity contribution in [2.75, 3.05) is 0 Å².